The molecule has 0 radical (unpaired) electrons. The molecule has 0 saturated carbocycles. The van der Waals surface area contributed by atoms with Gasteiger partial charge in [-0.05, 0) is 25.7 Å². The van der Waals surface area contributed by atoms with E-state index in [1.165, 1.54) is 0 Å². The molecule has 19 heavy (non-hydrogen) atoms. The van der Waals surface area contributed by atoms with Gasteiger partial charge in [-0.15, -0.1) is 5.92 Å². The van der Waals surface area contributed by atoms with Gasteiger partial charge < -0.3 is 25.2 Å². The molecule has 0 aromatic carbocycles. The lowest BCUT2D eigenvalue weighted by molar-refractivity contribution is -0.139. The maximum Gasteiger partial charge on any atom is 0.303 e. The molecule has 7 nitrogen and oxygen atoms in total. The minimum atomic E-state index is -1.46. The lowest BCUT2D eigenvalue weighted by atomic mass is 10.2. The SMILES string of the molecule is CC#CC(O)O.COC.O=C(O)CCCCC(=O)O. The van der Waals surface area contributed by atoms with Crippen LogP contribution in [0.25, 0.3) is 0 Å². The van der Waals surface area contributed by atoms with Crippen molar-refractivity contribution < 1.29 is 34.8 Å². The molecule has 0 aliphatic heterocycles. The fourth-order valence-corrected chi connectivity index (χ4v) is 0.682. The maximum atomic E-state index is 9.90. The van der Waals surface area contributed by atoms with E-state index in [0.717, 1.165) is 0 Å². The van der Waals surface area contributed by atoms with E-state index < -0.39 is 18.2 Å². The number of carbonyl (C=O) groups is 2. The van der Waals surface area contributed by atoms with Crippen molar-refractivity contribution in [3.05, 3.63) is 0 Å². The van der Waals surface area contributed by atoms with Gasteiger partial charge in [0.15, 0.2) is 0 Å². The molecule has 0 unspecified atom stereocenters. The van der Waals surface area contributed by atoms with Crippen molar-refractivity contribution in [1.29, 1.82) is 0 Å². The number of aliphatic hydroxyl groups excluding tert-OH is 1. The van der Waals surface area contributed by atoms with Gasteiger partial charge in [0.05, 0.1) is 0 Å². The Morgan fingerprint density at radius 1 is 1.05 bits per heavy atom. The van der Waals surface area contributed by atoms with Crippen LogP contribution < -0.4 is 0 Å². The number of hydrogen-bond acceptors (Lipinski definition) is 5. The molecule has 0 spiro atoms. The molecule has 0 saturated heterocycles. The lowest BCUT2D eigenvalue weighted by Gasteiger charge is -1.92. The highest BCUT2D eigenvalue weighted by Crippen LogP contribution is 1.98. The van der Waals surface area contributed by atoms with Crippen molar-refractivity contribution in [2.45, 2.75) is 38.9 Å². The monoisotopic (exact) mass is 278 g/mol. The number of methoxy groups -OCH3 is 1. The van der Waals surface area contributed by atoms with E-state index in [1.54, 1.807) is 21.1 Å². The summed E-state index contributed by atoms with van der Waals surface area (Å²) in [4.78, 5) is 19.8. The average Bonchev–Trinajstić information content (AvgIpc) is 2.25. The zero-order chi connectivity index (χ0) is 15.7. The minimum absolute atomic E-state index is 0.0628. The molecule has 7 heteroatoms. The summed E-state index contributed by atoms with van der Waals surface area (Å²) in [5.74, 6) is 2.65. The van der Waals surface area contributed by atoms with Crippen molar-refractivity contribution in [1.82, 2.24) is 0 Å². The summed E-state index contributed by atoms with van der Waals surface area (Å²) in [5, 5.41) is 32.1. The zero-order valence-electron chi connectivity index (χ0n) is 11.4. The van der Waals surface area contributed by atoms with Crippen molar-refractivity contribution in [3.63, 3.8) is 0 Å². The van der Waals surface area contributed by atoms with E-state index in [9.17, 15) is 9.59 Å². The summed E-state index contributed by atoms with van der Waals surface area (Å²) in [7, 11) is 3.25. The molecule has 0 bridgehead atoms. The summed E-state index contributed by atoms with van der Waals surface area (Å²) < 4.78 is 4.25. The molecule has 0 fully saturated rings. The molecule has 0 aliphatic rings. The van der Waals surface area contributed by atoms with E-state index in [4.69, 9.17) is 20.4 Å². The zero-order valence-corrected chi connectivity index (χ0v) is 11.4. The highest BCUT2D eigenvalue weighted by Gasteiger charge is 1.99. The molecule has 0 amide bonds. The largest absolute Gasteiger partial charge is 0.481 e. The molecular formula is C12H22O7. The highest BCUT2D eigenvalue weighted by molar-refractivity contribution is 5.67. The van der Waals surface area contributed by atoms with Crippen LogP contribution in [0.1, 0.15) is 32.6 Å². The van der Waals surface area contributed by atoms with Crippen molar-refractivity contribution in [2.24, 2.45) is 0 Å². The summed E-state index contributed by atoms with van der Waals surface area (Å²) in [5.41, 5.74) is 0. The first-order chi connectivity index (χ1) is 8.81. The predicted molar refractivity (Wildman–Crippen MR) is 68.3 cm³/mol. The molecule has 0 heterocycles. The standard InChI is InChI=1S/C6H10O4.C4H6O2.C2H6O/c7-5(8)3-1-2-4-6(9)10;1-2-3-4(5)6;1-3-2/h1-4H2,(H,7,8)(H,9,10);4-6H,1H3;1-2H3. The Kier molecular flexibility index (Phi) is 22.2. The van der Waals surface area contributed by atoms with Crippen LogP contribution in [0.2, 0.25) is 0 Å². The Hall–Kier alpha value is -1.62. The Morgan fingerprint density at radius 2 is 1.37 bits per heavy atom. The first-order valence-electron chi connectivity index (χ1n) is 5.43. The van der Waals surface area contributed by atoms with Crippen LogP contribution >= 0.6 is 0 Å². The second kappa shape index (κ2) is 18.7. The Labute approximate surface area is 112 Å². The van der Waals surface area contributed by atoms with Gasteiger partial charge in [0.2, 0.25) is 6.29 Å². The second-order valence-electron chi connectivity index (χ2n) is 3.17. The van der Waals surface area contributed by atoms with Gasteiger partial charge in [0.1, 0.15) is 0 Å². The summed E-state index contributed by atoms with van der Waals surface area (Å²) in [6, 6.07) is 0. The molecular weight excluding hydrogens is 256 g/mol. The molecule has 4 N–H and O–H groups in total. The molecule has 0 aromatic rings. The highest BCUT2D eigenvalue weighted by atomic mass is 16.5. The number of carboxylic acid groups (broad SMARTS) is 2. The third-order valence-electron chi connectivity index (χ3n) is 1.30. The number of rotatable bonds is 5. The summed E-state index contributed by atoms with van der Waals surface area (Å²) in [6.07, 6.45) is -0.445. The number of hydrogen-bond donors (Lipinski definition) is 4. The van der Waals surface area contributed by atoms with E-state index in [1.807, 2.05) is 0 Å². The Bertz CT molecular complexity index is 260. The van der Waals surface area contributed by atoms with Gasteiger partial charge in [-0.25, -0.2) is 0 Å². The van der Waals surface area contributed by atoms with Crippen LogP contribution in [0.4, 0.5) is 0 Å². The first-order valence-corrected chi connectivity index (χ1v) is 5.43. The normalized spacial score (nSPS) is 8.11. The van der Waals surface area contributed by atoms with Crippen LogP contribution in [0.5, 0.6) is 0 Å². The van der Waals surface area contributed by atoms with Crippen molar-refractivity contribution >= 4 is 11.9 Å². The van der Waals surface area contributed by atoms with Crippen molar-refractivity contribution in [2.75, 3.05) is 14.2 Å². The summed E-state index contributed by atoms with van der Waals surface area (Å²) in [6.45, 7) is 1.54. The molecule has 0 aliphatic carbocycles. The topological polar surface area (TPSA) is 124 Å². The Balaban J connectivity index is -0.000000242. The van der Waals surface area contributed by atoms with Gasteiger partial charge in [-0.2, -0.15) is 0 Å². The average molecular weight is 278 g/mol. The van der Waals surface area contributed by atoms with Crippen molar-refractivity contribution in [3.8, 4) is 11.8 Å². The van der Waals surface area contributed by atoms with Gasteiger partial charge >= 0.3 is 11.9 Å². The smallest absolute Gasteiger partial charge is 0.303 e. The van der Waals surface area contributed by atoms with Gasteiger partial charge in [0.25, 0.3) is 0 Å². The number of ether oxygens (including phenoxy) is 1. The first kappa shape index (κ1) is 22.6. The quantitative estimate of drug-likeness (QED) is 0.324. The predicted octanol–water partition coefficient (Wildman–Crippen LogP) is 0.299. The molecule has 0 aromatic heterocycles. The number of carboxylic acids is 2. The summed E-state index contributed by atoms with van der Waals surface area (Å²) >= 11 is 0. The number of aliphatic hydroxyl groups is 2. The fraction of sp³-hybridized carbons (Fsp3) is 0.667. The van der Waals surface area contributed by atoms with Crippen LogP contribution in [-0.4, -0.2) is 52.9 Å². The van der Waals surface area contributed by atoms with Crippen LogP contribution in [-0.2, 0) is 14.3 Å². The third kappa shape index (κ3) is 48.2. The van der Waals surface area contributed by atoms with Gasteiger partial charge in [0, 0.05) is 27.1 Å². The van der Waals surface area contributed by atoms with Crippen LogP contribution in [0.3, 0.4) is 0 Å². The van der Waals surface area contributed by atoms with E-state index >= 15 is 0 Å². The molecule has 0 atom stereocenters. The van der Waals surface area contributed by atoms with Gasteiger partial charge in [-0.3, -0.25) is 9.59 Å². The van der Waals surface area contributed by atoms with E-state index in [2.05, 4.69) is 16.6 Å². The lowest BCUT2D eigenvalue weighted by Crippen LogP contribution is -1.97. The van der Waals surface area contributed by atoms with Gasteiger partial charge in [-0.1, -0.05) is 0 Å². The maximum absolute atomic E-state index is 9.90. The number of aliphatic carboxylic acids is 2. The third-order valence-corrected chi connectivity index (χ3v) is 1.30. The second-order valence-corrected chi connectivity index (χ2v) is 3.17. The van der Waals surface area contributed by atoms with Crippen LogP contribution in [0.15, 0.2) is 0 Å². The molecule has 112 valence electrons. The van der Waals surface area contributed by atoms with Crippen LogP contribution in [0, 0.1) is 11.8 Å². The Morgan fingerprint density at radius 3 is 1.47 bits per heavy atom. The van der Waals surface area contributed by atoms with E-state index in [0.29, 0.717) is 12.8 Å². The van der Waals surface area contributed by atoms with E-state index in [-0.39, 0.29) is 12.8 Å². The minimum Gasteiger partial charge on any atom is -0.481 e. The fourth-order valence-electron chi connectivity index (χ4n) is 0.682. The molecule has 0 rings (SSSR count). The number of unbranched alkanes of at least 4 members (excludes halogenated alkanes) is 1.